The normalized spacial score (nSPS) is 36.0. The molecule has 0 spiro atoms. The van der Waals surface area contributed by atoms with Crippen molar-refractivity contribution in [1.82, 2.24) is 10.2 Å². The largest absolute Gasteiger partial charge is 0.376 e. The van der Waals surface area contributed by atoms with E-state index < -0.39 is 0 Å². The Morgan fingerprint density at radius 2 is 2.24 bits per heavy atom. The van der Waals surface area contributed by atoms with E-state index in [1.165, 1.54) is 12.8 Å². The Morgan fingerprint density at radius 3 is 2.94 bits per heavy atom. The molecule has 17 heavy (non-hydrogen) atoms. The van der Waals surface area contributed by atoms with Gasteiger partial charge < -0.3 is 14.8 Å². The maximum Gasteiger partial charge on any atom is 0.0936 e. The lowest BCUT2D eigenvalue weighted by Crippen LogP contribution is -2.57. The third kappa shape index (κ3) is 3.91. The summed E-state index contributed by atoms with van der Waals surface area (Å²) in [6.45, 7) is 10.1. The fourth-order valence-corrected chi connectivity index (χ4v) is 2.69. The fourth-order valence-electron chi connectivity index (χ4n) is 2.69. The topological polar surface area (TPSA) is 33.7 Å². The third-order valence-electron chi connectivity index (χ3n) is 3.74. The SMILES string of the molecule is CCCC1CN(CC2COCCO2)C(C)CN1. The van der Waals surface area contributed by atoms with E-state index in [1.54, 1.807) is 0 Å². The van der Waals surface area contributed by atoms with Gasteiger partial charge in [-0.2, -0.15) is 0 Å². The first-order chi connectivity index (χ1) is 8.29. The molecular formula is C13H26N2O2. The number of nitrogens with zero attached hydrogens (tertiary/aromatic N) is 1. The summed E-state index contributed by atoms with van der Waals surface area (Å²) in [6.07, 6.45) is 2.79. The van der Waals surface area contributed by atoms with E-state index in [0.717, 1.165) is 39.5 Å². The van der Waals surface area contributed by atoms with Gasteiger partial charge >= 0.3 is 0 Å². The first-order valence-electron chi connectivity index (χ1n) is 6.96. The highest BCUT2D eigenvalue weighted by atomic mass is 16.6. The summed E-state index contributed by atoms with van der Waals surface area (Å²) in [4.78, 5) is 2.55. The Morgan fingerprint density at radius 1 is 1.35 bits per heavy atom. The standard InChI is InChI=1S/C13H26N2O2/c1-3-4-12-8-15(11(2)7-14-12)9-13-10-16-5-6-17-13/h11-14H,3-10H2,1-2H3. The lowest BCUT2D eigenvalue weighted by Gasteiger charge is -2.40. The number of nitrogens with one attached hydrogen (secondary N) is 1. The van der Waals surface area contributed by atoms with Gasteiger partial charge in [-0.15, -0.1) is 0 Å². The molecular weight excluding hydrogens is 216 g/mol. The molecule has 1 N–H and O–H groups in total. The van der Waals surface area contributed by atoms with Gasteiger partial charge in [0, 0.05) is 31.7 Å². The smallest absolute Gasteiger partial charge is 0.0936 e. The summed E-state index contributed by atoms with van der Waals surface area (Å²) in [7, 11) is 0. The minimum Gasteiger partial charge on any atom is -0.376 e. The first-order valence-corrected chi connectivity index (χ1v) is 6.96. The van der Waals surface area contributed by atoms with Gasteiger partial charge in [0.05, 0.1) is 25.9 Å². The van der Waals surface area contributed by atoms with Crippen molar-refractivity contribution in [3.8, 4) is 0 Å². The lowest BCUT2D eigenvalue weighted by molar-refractivity contribution is -0.102. The van der Waals surface area contributed by atoms with Crippen LogP contribution in [0.3, 0.4) is 0 Å². The van der Waals surface area contributed by atoms with Crippen molar-refractivity contribution in [2.75, 3.05) is 39.5 Å². The molecule has 0 saturated carbocycles. The van der Waals surface area contributed by atoms with Crippen molar-refractivity contribution >= 4 is 0 Å². The summed E-state index contributed by atoms with van der Waals surface area (Å²) < 4.78 is 11.2. The van der Waals surface area contributed by atoms with Gasteiger partial charge in [0.15, 0.2) is 0 Å². The molecule has 100 valence electrons. The van der Waals surface area contributed by atoms with Gasteiger partial charge in [0.2, 0.25) is 0 Å². The summed E-state index contributed by atoms with van der Waals surface area (Å²) >= 11 is 0. The molecule has 2 aliphatic heterocycles. The predicted molar refractivity (Wildman–Crippen MR) is 68.3 cm³/mol. The number of ether oxygens (including phenoxy) is 2. The van der Waals surface area contributed by atoms with Crippen LogP contribution in [0.25, 0.3) is 0 Å². The van der Waals surface area contributed by atoms with Crippen molar-refractivity contribution in [3.05, 3.63) is 0 Å². The zero-order valence-electron chi connectivity index (χ0n) is 11.2. The second-order valence-electron chi connectivity index (χ2n) is 5.26. The predicted octanol–water partition coefficient (Wildman–Crippen LogP) is 0.864. The average Bonchev–Trinajstić information content (AvgIpc) is 2.35. The number of hydrogen-bond donors (Lipinski definition) is 1. The van der Waals surface area contributed by atoms with Crippen LogP contribution in [0.2, 0.25) is 0 Å². The van der Waals surface area contributed by atoms with Gasteiger partial charge in [0.1, 0.15) is 0 Å². The van der Waals surface area contributed by atoms with Crippen molar-refractivity contribution in [1.29, 1.82) is 0 Å². The molecule has 0 radical (unpaired) electrons. The minimum absolute atomic E-state index is 0.270. The Balaban J connectivity index is 1.80. The van der Waals surface area contributed by atoms with Crippen LogP contribution in [0, 0.1) is 0 Å². The van der Waals surface area contributed by atoms with Crippen molar-refractivity contribution in [2.24, 2.45) is 0 Å². The van der Waals surface area contributed by atoms with E-state index in [-0.39, 0.29) is 6.10 Å². The maximum atomic E-state index is 5.74. The van der Waals surface area contributed by atoms with E-state index in [2.05, 4.69) is 24.1 Å². The molecule has 3 unspecified atom stereocenters. The van der Waals surface area contributed by atoms with Crippen LogP contribution in [0.5, 0.6) is 0 Å². The van der Waals surface area contributed by atoms with Gasteiger partial charge in [0.25, 0.3) is 0 Å². The van der Waals surface area contributed by atoms with Crippen molar-refractivity contribution in [3.63, 3.8) is 0 Å². The quantitative estimate of drug-likeness (QED) is 0.793. The van der Waals surface area contributed by atoms with Crippen molar-refractivity contribution in [2.45, 2.75) is 44.9 Å². The van der Waals surface area contributed by atoms with Crippen LogP contribution >= 0.6 is 0 Å². The zero-order chi connectivity index (χ0) is 12.1. The number of hydrogen-bond acceptors (Lipinski definition) is 4. The molecule has 2 saturated heterocycles. The number of rotatable bonds is 4. The summed E-state index contributed by atoms with van der Waals surface area (Å²) in [5, 5.41) is 3.62. The van der Waals surface area contributed by atoms with E-state index in [0.29, 0.717) is 12.1 Å². The maximum absolute atomic E-state index is 5.74. The Hall–Kier alpha value is -0.160. The Kier molecular flexibility index (Phi) is 5.22. The van der Waals surface area contributed by atoms with Gasteiger partial charge in [-0.3, -0.25) is 4.90 Å². The van der Waals surface area contributed by atoms with E-state index in [9.17, 15) is 0 Å². The minimum atomic E-state index is 0.270. The van der Waals surface area contributed by atoms with Crippen molar-refractivity contribution < 1.29 is 9.47 Å². The highest BCUT2D eigenvalue weighted by molar-refractivity contribution is 4.85. The summed E-state index contributed by atoms with van der Waals surface area (Å²) in [5.41, 5.74) is 0. The van der Waals surface area contributed by atoms with Gasteiger partial charge in [-0.25, -0.2) is 0 Å². The third-order valence-corrected chi connectivity index (χ3v) is 3.74. The molecule has 0 aromatic rings. The number of piperazine rings is 1. The van der Waals surface area contributed by atoms with Gasteiger partial charge in [-0.1, -0.05) is 13.3 Å². The molecule has 0 bridgehead atoms. The molecule has 0 aromatic heterocycles. The lowest BCUT2D eigenvalue weighted by atomic mass is 10.1. The van der Waals surface area contributed by atoms with Crippen LogP contribution in [-0.4, -0.2) is 62.5 Å². The molecule has 2 fully saturated rings. The first kappa shape index (κ1) is 13.3. The average molecular weight is 242 g/mol. The highest BCUT2D eigenvalue weighted by Gasteiger charge is 2.27. The summed E-state index contributed by atoms with van der Waals surface area (Å²) in [6, 6.07) is 1.26. The molecule has 2 aliphatic rings. The molecule has 0 aliphatic carbocycles. The van der Waals surface area contributed by atoms with Crippen LogP contribution in [0.15, 0.2) is 0 Å². The van der Waals surface area contributed by atoms with Crippen LogP contribution in [0.1, 0.15) is 26.7 Å². The molecule has 3 atom stereocenters. The molecule has 0 aromatic carbocycles. The van der Waals surface area contributed by atoms with E-state index >= 15 is 0 Å². The zero-order valence-corrected chi connectivity index (χ0v) is 11.2. The molecule has 4 heteroatoms. The molecule has 4 nitrogen and oxygen atoms in total. The second kappa shape index (κ2) is 6.69. The monoisotopic (exact) mass is 242 g/mol. The van der Waals surface area contributed by atoms with Crippen LogP contribution < -0.4 is 5.32 Å². The fraction of sp³-hybridized carbons (Fsp3) is 1.00. The van der Waals surface area contributed by atoms with Gasteiger partial charge in [-0.05, 0) is 13.3 Å². The molecule has 2 rings (SSSR count). The second-order valence-corrected chi connectivity index (χ2v) is 5.26. The van der Waals surface area contributed by atoms with Crippen LogP contribution in [0.4, 0.5) is 0 Å². The molecule has 0 amide bonds. The van der Waals surface area contributed by atoms with E-state index in [1.807, 2.05) is 0 Å². The Bertz CT molecular complexity index is 219. The van der Waals surface area contributed by atoms with Crippen LogP contribution in [-0.2, 0) is 9.47 Å². The highest BCUT2D eigenvalue weighted by Crippen LogP contribution is 2.13. The Labute approximate surface area is 105 Å². The van der Waals surface area contributed by atoms with E-state index in [4.69, 9.17) is 9.47 Å². The molecule has 2 heterocycles. The summed E-state index contributed by atoms with van der Waals surface area (Å²) in [5.74, 6) is 0.